The highest BCUT2D eigenvalue weighted by molar-refractivity contribution is 5.24. The molecule has 1 rings (SSSR count). The lowest BCUT2D eigenvalue weighted by atomic mass is 10.0. The maximum Gasteiger partial charge on any atom is 0.0628 e. The van der Waals surface area contributed by atoms with Crippen molar-refractivity contribution in [1.82, 2.24) is 9.78 Å². The molecular formula is C14H23N3. The van der Waals surface area contributed by atoms with Gasteiger partial charge < -0.3 is 5.73 Å². The van der Waals surface area contributed by atoms with Crippen LogP contribution in [0.5, 0.6) is 0 Å². The average molecular weight is 233 g/mol. The van der Waals surface area contributed by atoms with E-state index in [2.05, 4.69) is 24.9 Å². The predicted molar refractivity (Wildman–Crippen MR) is 71.7 cm³/mol. The number of nitrogens with two attached hydrogens (primary N) is 1. The molecule has 3 nitrogen and oxygen atoms in total. The van der Waals surface area contributed by atoms with Crippen molar-refractivity contribution in [3.05, 3.63) is 17.0 Å². The van der Waals surface area contributed by atoms with Crippen LogP contribution < -0.4 is 5.73 Å². The average Bonchev–Trinajstić information content (AvgIpc) is 2.51. The van der Waals surface area contributed by atoms with Crippen molar-refractivity contribution >= 4 is 0 Å². The van der Waals surface area contributed by atoms with Crippen LogP contribution in [0.25, 0.3) is 0 Å². The zero-order chi connectivity index (χ0) is 12.8. The Bertz CT molecular complexity index is 398. The maximum atomic E-state index is 6.07. The van der Waals surface area contributed by atoms with Gasteiger partial charge in [0.25, 0.3) is 0 Å². The van der Waals surface area contributed by atoms with Gasteiger partial charge >= 0.3 is 0 Å². The van der Waals surface area contributed by atoms with E-state index in [1.807, 2.05) is 11.7 Å². The summed E-state index contributed by atoms with van der Waals surface area (Å²) in [6.07, 6.45) is 10.1. The summed E-state index contributed by atoms with van der Waals surface area (Å²) >= 11 is 0. The Morgan fingerprint density at radius 2 is 2.12 bits per heavy atom. The molecule has 0 saturated heterocycles. The van der Waals surface area contributed by atoms with Crippen molar-refractivity contribution in [3.63, 3.8) is 0 Å². The molecule has 1 unspecified atom stereocenters. The molecule has 0 fully saturated rings. The van der Waals surface area contributed by atoms with Gasteiger partial charge in [-0.05, 0) is 45.1 Å². The highest BCUT2D eigenvalue weighted by atomic mass is 15.3. The van der Waals surface area contributed by atoms with Gasteiger partial charge in [0.2, 0.25) is 0 Å². The Kier molecular flexibility index (Phi) is 5.24. The Morgan fingerprint density at radius 3 is 2.65 bits per heavy atom. The first-order chi connectivity index (χ1) is 8.06. The Balaban J connectivity index is 2.42. The Hall–Kier alpha value is -1.27. The standard InChI is InChI=1S/C14H23N3/c1-5-6-7-8-13(15)9-10-14-11(2)16-17(4)12(14)3/h1,13H,6-10,15H2,2-4H3. The number of aromatic nitrogens is 2. The third-order valence-electron chi connectivity index (χ3n) is 3.32. The molecule has 0 aromatic carbocycles. The van der Waals surface area contributed by atoms with Gasteiger partial charge in [0, 0.05) is 25.2 Å². The van der Waals surface area contributed by atoms with Crippen LogP contribution in [-0.2, 0) is 13.5 Å². The lowest BCUT2D eigenvalue weighted by Crippen LogP contribution is -2.20. The topological polar surface area (TPSA) is 43.8 Å². The van der Waals surface area contributed by atoms with Gasteiger partial charge in [-0.25, -0.2) is 0 Å². The smallest absolute Gasteiger partial charge is 0.0628 e. The van der Waals surface area contributed by atoms with Crippen LogP contribution in [0.2, 0.25) is 0 Å². The van der Waals surface area contributed by atoms with Crippen molar-refractivity contribution in [3.8, 4) is 12.3 Å². The number of nitrogens with zero attached hydrogens (tertiary/aromatic N) is 2. The molecule has 2 N–H and O–H groups in total. The van der Waals surface area contributed by atoms with Crippen LogP contribution in [0.1, 0.15) is 42.6 Å². The number of terminal acetylenes is 1. The van der Waals surface area contributed by atoms with E-state index >= 15 is 0 Å². The first kappa shape index (κ1) is 13.8. The van der Waals surface area contributed by atoms with Gasteiger partial charge in [0.1, 0.15) is 0 Å². The van der Waals surface area contributed by atoms with Crippen LogP contribution in [0, 0.1) is 26.2 Å². The van der Waals surface area contributed by atoms with Crippen LogP contribution >= 0.6 is 0 Å². The molecule has 17 heavy (non-hydrogen) atoms. The molecule has 0 radical (unpaired) electrons. The molecule has 3 heteroatoms. The maximum absolute atomic E-state index is 6.07. The van der Waals surface area contributed by atoms with Crippen LogP contribution in [0.15, 0.2) is 0 Å². The summed E-state index contributed by atoms with van der Waals surface area (Å²) in [5.74, 6) is 2.65. The molecule has 0 amide bonds. The normalized spacial score (nSPS) is 12.4. The highest BCUT2D eigenvalue weighted by Crippen LogP contribution is 2.15. The fraction of sp³-hybridized carbons (Fsp3) is 0.643. The molecule has 1 aromatic heterocycles. The zero-order valence-electron chi connectivity index (χ0n) is 11.2. The van der Waals surface area contributed by atoms with Crippen LogP contribution in [-0.4, -0.2) is 15.8 Å². The fourth-order valence-electron chi connectivity index (χ4n) is 2.12. The Morgan fingerprint density at radius 1 is 1.41 bits per heavy atom. The number of hydrogen-bond acceptors (Lipinski definition) is 2. The van der Waals surface area contributed by atoms with E-state index in [9.17, 15) is 0 Å². The first-order valence-electron chi connectivity index (χ1n) is 6.24. The van der Waals surface area contributed by atoms with E-state index in [1.165, 1.54) is 11.3 Å². The zero-order valence-corrected chi connectivity index (χ0v) is 11.2. The second-order valence-electron chi connectivity index (χ2n) is 4.67. The lowest BCUT2D eigenvalue weighted by molar-refractivity contribution is 0.550. The number of unbranched alkanes of at least 4 members (excludes halogenated alkanes) is 1. The van der Waals surface area contributed by atoms with Crippen molar-refractivity contribution in [2.24, 2.45) is 12.8 Å². The molecule has 1 heterocycles. The molecule has 94 valence electrons. The minimum Gasteiger partial charge on any atom is -0.328 e. The van der Waals surface area contributed by atoms with Crippen molar-refractivity contribution < 1.29 is 0 Å². The second-order valence-corrected chi connectivity index (χ2v) is 4.67. The molecule has 1 aromatic rings. The summed E-state index contributed by atoms with van der Waals surface area (Å²) in [7, 11) is 1.98. The molecule has 0 aliphatic rings. The van der Waals surface area contributed by atoms with Crippen molar-refractivity contribution in [1.29, 1.82) is 0 Å². The van der Waals surface area contributed by atoms with E-state index < -0.39 is 0 Å². The molecule has 0 aliphatic heterocycles. The van der Waals surface area contributed by atoms with Gasteiger partial charge in [-0.15, -0.1) is 12.3 Å². The fourth-order valence-corrected chi connectivity index (χ4v) is 2.12. The van der Waals surface area contributed by atoms with E-state index in [-0.39, 0.29) is 6.04 Å². The largest absolute Gasteiger partial charge is 0.328 e. The lowest BCUT2D eigenvalue weighted by Gasteiger charge is -2.10. The number of rotatable bonds is 6. The second kappa shape index (κ2) is 6.46. The van der Waals surface area contributed by atoms with E-state index in [0.29, 0.717) is 0 Å². The summed E-state index contributed by atoms with van der Waals surface area (Å²) in [6.45, 7) is 4.17. The third-order valence-corrected chi connectivity index (χ3v) is 3.32. The monoisotopic (exact) mass is 233 g/mol. The molecule has 1 atom stereocenters. The SMILES string of the molecule is C#CCCCC(N)CCc1c(C)nn(C)c1C. The molecule has 0 aliphatic carbocycles. The summed E-state index contributed by atoms with van der Waals surface area (Å²) in [5.41, 5.74) is 9.79. The minimum absolute atomic E-state index is 0.252. The quantitative estimate of drug-likeness (QED) is 0.604. The van der Waals surface area contributed by atoms with E-state index in [1.54, 1.807) is 0 Å². The van der Waals surface area contributed by atoms with Crippen LogP contribution in [0.4, 0.5) is 0 Å². The molecular weight excluding hydrogens is 210 g/mol. The highest BCUT2D eigenvalue weighted by Gasteiger charge is 2.10. The Labute approximate surface area is 104 Å². The number of hydrogen-bond donors (Lipinski definition) is 1. The minimum atomic E-state index is 0.252. The predicted octanol–water partition coefficient (Wildman–Crippen LogP) is 2.10. The summed E-state index contributed by atoms with van der Waals surface area (Å²) in [6, 6.07) is 0.252. The number of aryl methyl sites for hydroxylation is 2. The van der Waals surface area contributed by atoms with Gasteiger partial charge in [-0.3, -0.25) is 4.68 Å². The molecule has 0 bridgehead atoms. The van der Waals surface area contributed by atoms with Crippen molar-refractivity contribution in [2.75, 3.05) is 0 Å². The van der Waals surface area contributed by atoms with Gasteiger partial charge in [0.05, 0.1) is 5.69 Å². The third kappa shape index (κ3) is 3.90. The molecule has 0 saturated carbocycles. The summed E-state index contributed by atoms with van der Waals surface area (Å²) in [5, 5.41) is 4.41. The summed E-state index contributed by atoms with van der Waals surface area (Å²) in [4.78, 5) is 0. The van der Waals surface area contributed by atoms with Gasteiger partial charge in [0.15, 0.2) is 0 Å². The van der Waals surface area contributed by atoms with Crippen LogP contribution in [0.3, 0.4) is 0 Å². The summed E-state index contributed by atoms with van der Waals surface area (Å²) < 4.78 is 1.94. The van der Waals surface area contributed by atoms with E-state index in [0.717, 1.165) is 37.8 Å². The van der Waals surface area contributed by atoms with E-state index in [4.69, 9.17) is 12.2 Å². The van der Waals surface area contributed by atoms with Gasteiger partial charge in [-0.1, -0.05) is 0 Å². The first-order valence-corrected chi connectivity index (χ1v) is 6.24. The van der Waals surface area contributed by atoms with Gasteiger partial charge in [-0.2, -0.15) is 5.10 Å². The van der Waals surface area contributed by atoms with Crippen molar-refractivity contribution in [2.45, 2.75) is 52.0 Å². The molecule has 0 spiro atoms.